The number of urea groups is 1. The van der Waals surface area contributed by atoms with Crippen molar-refractivity contribution in [1.82, 2.24) is 23.9 Å². The molecule has 2 amide bonds. The van der Waals surface area contributed by atoms with Crippen LogP contribution in [0.5, 0.6) is 0 Å². The standard InChI is InChI=1S/C19H28N6O2S/c1-4-14-12-20-17-16(23-7-9-24(10-8-23)18(26)22(2)3)11-15(13-25(14)17)28-21-19(27)5-6-19/h11-13,21,27H,4-10H2,1-3H3. The summed E-state index contributed by atoms with van der Waals surface area (Å²) < 4.78 is 5.32. The maximum absolute atomic E-state index is 12.2. The van der Waals surface area contributed by atoms with Crippen molar-refractivity contribution in [3.63, 3.8) is 0 Å². The zero-order valence-corrected chi connectivity index (χ0v) is 17.5. The molecule has 28 heavy (non-hydrogen) atoms. The molecule has 2 fully saturated rings. The molecule has 1 saturated carbocycles. The zero-order chi connectivity index (χ0) is 19.9. The first kappa shape index (κ1) is 19.4. The highest BCUT2D eigenvalue weighted by atomic mass is 32.2. The fourth-order valence-corrected chi connectivity index (χ4v) is 4.28. The molecule has 2 aromatic heterocycles. The van der Waals surface area contributed by atoms with Crippen LogP contribution in [-0.4, -0.2) is 76.3 Å². The fourth-order valence-electron chi connectivity index (χ4n) is 3.44. The Kier molecular flexibility index (Phi) is 5.15. The number of piperazine rings is 1. The first-order chi connectivity index (χ1) is 13.4. The van der Waals surface area contributed by atoms with Gasteiger partial charge < -0.3 is 24.2 Å². The number of amides is 2. The lowest BCUT2D eigenvalue weighted by molar-refractivity contribution is 0.142. The number of hydrogen-bond donors (Lipinski definition) is 2. The first-order valence-electron chi connectivity index (χ1n) is 9.78. The maximum atomic E-state index is 12.2. The van der Waals surface area contributed by atoms with Gasteiger partial charge in [-0.05, 0) is 37.3 Å². The summed E-state index contributed by atoms with van der Waals surface area (Å²) in [6, 6.07) is 2.19. The fraction of sp³-hybridized carbons (Fsp3) is 0.579. The number of aliphatic hydroxyl groups is 1. The van der Waals surface area contributed by atoms with Crippen molar-refractivity contribution in [2.75, 3.05) is 45.2 Å². The van der Waals surface area contributed by atoms with Crippen LogP contribution in [0.4, 0.5) is 10.5 Å². The predicted octanol–water partition coefficient (Wildman–Crippen LogP) is 1.78. The summed E-state index contributed by atoms with van der Waals surface area (Å²) in [5.41, 5.74) is 2.45. The Bertz CT molecular complexity index is 871. The van der Waals surface area contributed by atoms with E-state index in [1.54, 1.807) is 19.0 Å². The summed E-state index contributed by atoms with van der Waals surface area (Å²) in [4.78, 5) is 23.7. The molecule has 0 aromatic carbocycles. The summed E-state index contributed by atoms with van der Waals surface area (Å²) >= 11 is 1.47. The summed E-state index contributed by atoms with van der Waals surface area (Å²) in [7, 11) is 3.58. The number of pyridine rings is 1. The number of anilines is 1. The lowest BCUT2D eigenvalue weighted by Gasteiger charge is -2.37. The molecule has 152 valence electrons. The molecule has 1 aliphatic heterocycles. The SMILES string of the molecule is CCc1cnc2c(N3CCN(C(=O)N(C)C)CC3)cc(SNC3(O)CC3)cn12. The van der Waals surface area contributed by atoms with Gasteiger partial charge in [0.05, 0.1) is 5.69 Å². The van der Waals surface area contributed by atoms with Crippen molar-refractivity contribution in [3.05, 3.63) is 24.2 Å². The Morgan fingerprint density at radius 2 is 2.04 bits per heavy atom. The summed E-state index contributed by atoms with van der Waals surface area (Å²) in [6.07, 6.45) is 6.50. The molecule has 4 rings (SSSR count). The van der Waals surface area contributed by atoms with Gasteiger partial charge in [-0.3, -0.25) is 0 Å². The number of carbonyl (C=O) groups is 1. The average molecular weight is 405 g/mol. The van der Waals surface area contributed by atoms with Gasteiger partial charge in [0.2, 0.25) is 0 Å². The van der Waals surface area contributed by atoms with E-state index in [1.807, 2.05) is 11.1 Å². The topological polar surface area (TPSA) is 76.4 Å². The molecule has 0 radical (unpaired) electrons. The largest absolute Gasteiger partial charge is 0.375 e. The second kappa shape index (κ2) is 7.46. The number of hydrogen-bond acceptors (Lipinski definition) is 6. The minimum Gasteiger partial charge on any atom is -0.375 e. The molecule has 3 heterocycles. The van der Waals surface area contributed by atoms with Gasteiger partial charge in [0.1, 0.15) is 5.72 Å². The van der Waals surface area contributed by atoms with Crippen LogP contribution in [-0.2, 0) is 6.42 Å². The summed E-state index contributed by atoms with van der Waals surface area (Å²) in [5, 5.41) is 10.1. The van der Waals surface area contributed by atoms with Crippen LogP contribution < -0.4 is 9.62 Å². The van der Waals surface area contributed by atoms with Crippen molar-refractivity contribution in [2.45, 2.75) is 36.8 Å². The van der Waals surface area contributed by atoms with Crippen LogP contribution >= 0.6 is 11.9 Å². The number of nitrogens with one attached hydrogen (secondary N) is 1. The monoisotopic (exact) mass is 404 g/mol. The van der Waals surface area contributed by atoms with Crippen molar-refractivity contribution >= 4 is 29.3 Å². The molecule has 1 saturated heterocycles. The lowest BCUT2D eigenvalue weighted by Crippen LogP contribution is -2.51. The summed E-state index contributed by atoms with van der Waals surface area (Å²) in [5.74, 6) is 0. The van der Waals surface area contributed by atoms with Gasteiger partial charge in [-0.1, -0.05) is 6.92 Å². The van der Waals surface area contributed by atoms with Crippen molar-refractivity contribution < 1.29 is 9.90 Å². The van der Waals surface area contributed by atoms with Crippen LogP contribution in [0, 0.1) is 0 Å². The molecule has 9 heteroatoms. The number of carbonyl (C=O) groups excluding carboxylic acids is 1. The molecule has 2 N–H and O–H groups in total. The Hall–Kier alpha value is -1.97. The first-order valence-corrected chi connectivity index (χ1v) is 10.6. The number of aromatic nitrogens is 2. The van der Waals surface area contributed by atoms with E-state index in [1.165, 1.54) is 11.9 Å². The second-order valence-electron chi connectivity index (χ2n) is 7.74. The van der Waals surface area contributed by atoms with Crippen LogP contribution in [0.3, 0.4) is 0 Å². The highest BCUT2D eigenvalue weighted by Crippen LogP contribution is 2.36. The van der Waals surface area contributed by atoms with Crippen molar-refractivity contribution in [2.24, 2.45) is 0 Å². The minimum atomic E-state index is -0.722. The van der Waals surface area contributed by atoms with Gasteiger partial charge >= 0.3 is 6.03 Å². The number of rotatable bonds is 5. The third-order valence-corrected chi connectivity index (χ3v) is 6.30. The molecule has 0 atom stereocenters. The maximum Gasteiger partial charge on any atom is 0.319 e. The Morgan fingerprint density at radius 3 is 2.64 bits per heavy atom. The van der Waals surface area contributed by atoms with Crippen molar-refractivity contribution in [3.8, 4) is 0 Å². The average Bonchev–Trinajstić information content (AvgIpc) is 3.30. The lowest BCUT2D eigenvalue weighted by atomic mass is 10.2. The normalized spacial score (nSPS) is 18.6. The molecule has 1 aliphatic carbocycles. The minimum absolute atomic E-state index is 0.0602. The highest BCUT2D eigenvalue weighted by molar-refractivity contribution is 7.97. The molecule has 2 aliphatic rings. The number of nitrogens with zero attached hydrogens (tertiary/aromatic N) is 5. The van der Waals surface area contributed by atoms with E-state index in [4.69, 9.17) is 0 Å². The second-order valence-corrected chi connectivity index (χ2v) is 8.62. The van der Waals surface area contributed by atoms with E-state index in [-0.39, 0.29) is 6.03 Å². The van der Waals surface area contributed by atoms with E-state index in [2.05, 4.69) is 38.2 Å². The van der Waals surface area contributed by atoms with E-state index in [0.717, 1.165) is 54.3 Å². The number of aryl methyl sites for hydroxylation is 1. The van der Waals surface area contributed by atoms with Crippen LogP contribution in [0.2, 0.25) is 0 Å². The van der Waals surface area contributed by atoms with E-state index >= 15 is 0 Å². The Morgan fingerprint density at radius 1 is 1.32 bits per heavy atom. The molecular weight excluding hydrogens is 376 g/mol. The van der Waals surface area contributed by atoms with E-state index in [9.17, 15) is 9.90 Å². The quantitative estimate of drug-likeness (QED) is 0.584. The van der Waals surface area contributed by atoms with Gasteiger partial charge in [-0.25, -0.2) is 14.5 Å². The van der Waals surface area contributed by atoms with E-state index in [0.29, 0.717) is 13.1 Å². The molecule has 0 unspecified atom stereocenters. The highest BCUT2D eigenvalue weighted by Gasteiger charge is 2.40. The van der Waals surface area contributed by atoms with Gasteiger partial charge in [-0.15, -0.1) is 0 Å². The van der Waals surface area contributed by atoms with Gasteiger partial charge in [0.25, 0.3) is 0 Å². The van der Waals surface area contributed by atoms with Crippen LogP contribution in [0.1, 0.15) is 25.5 Å². The van der Waals surface area contributed by atoms with Crippen LogP contribution in [0.25, 0.3) is 5.65 Å². The third kappa shape index (κ3) is 3.78. The number of fused-ring (bicyclic) bond motifs is 1. The van der Waals surface area contributed by atoms with Gasteiger partial charge in [-0.2, -0.15) is 0 Å². The Labute approximate surface area is 169 Å². The van der Waals surface area contributed by atoms with Crippen molar-refractivity contribution in [1.29, 1.82) is 0 Å². The van der Waals surface area contributed by atoms with Gasteiger partial charge in [0.15, 0.2) is 5.65 Å². The van der Waals surface area contributed by atoms with Gasteiger partial charge in [0, 0.05) is 63.3 Å². The molecule has 0 bridgehead atoms. The Balaban J connectivity index is 1.58. The summed E-state index contributed by atoms with van der Waals surface area (Å²) in [6.45, 7) is 5.06. The third-order valence-electron chi connectivity index (χ3n) is 5.36. The molecule has 2 aromatic rings. The van der Waals surface area contributed by atoms with Crippen LogP contribution in [0.15, 0.2) is 23.4 Å². The number of imidazole rings is 1. The molecular formula is C19H28N6O2S. The molecule has 8 nitrogen and oxygen atoms in total. The predicted molar refractivity (Wildman–Crippen MR) is 111 cm³/mol. The molecule has 0 spiro atoms. The van der Waals surface area contributed by atoms with E-state index < -0.39 is 5.72 Å². The zero-order valence-electron chi connectivity index (χ0n) is 16.7. The smallest absolute Gasteiger partial charge is 0.319 e.